The zero-order valence-electron chi connectivity index (χ0n) is 14.5. The van der Waals surface area contributed by atoms with Gasteiger partial charge in [0.25, 0.3) is 15.9 Å². The lowest BCUT2D eigenvalue weighted by Crippen LogP contribution is -2.50. The van der Waals surface area contributed by atoms with E-state index < -0.39 is 22.0 Å². The molecule has 2 aliphatic heterocycles. The second-order valence-corrected chi connectivity index (χ2v) is 7.89. The van der Waals surface area contributed by atoms with Gasteiger partial charge in [0.15, 0.2) is 17.6 Å². The number of hydrogen-bond acceptors (Lipinski definition) is 6. The maximum Gasteiger partial charge on any atom is 0.264 e. The second-order valence-electron chi connectivity index (χ2n) is 6.03. The van der Waals surface area contributed by atoms with Crippen molar-refractivity contribution in [2.24, 2.45) is 0 Å². The highest BCUT2D eigenvalue weighted by Gasteiger charge is 2.37. The summed E-state index contributed by atoms with van der Waals surface area (Å²) in [4.78, 5) is 12.1. The fourth-order valence-electron chi connectivity index (χ4n) is 3.04. The van der Waals surface area contributed by atoms with Crippen molar-refractivity contribution >= 4 is 21.6 Å². The molecule has 0 fully saturated rings. The molecule has 0 unspecified atom stereocenters. The van der Waals surface area contributed by atoms with Gasteiger partial charge in [-0.3, -0.25) is 9.10 Å². The molecule has 1 atom stereocenters. The number of amides is 1. The van der Waals surface area contributed by atoms with E-state index in [1.165, 1.54) is 23.5 Å². The SMILES string of the molecule is CNC(=O)[C@H]1CN(S(=O)(=O)c2ccc3c(c2)OCCO3)c2ccccc2O1. The molecular weight excluding hydrogens is 372 g/mol. The minimum atomic E-state index is -3.95. The van der Waals surface area contributed by atoms with Crippen molar-refractivity contribution in [2.45, 2.75) is 11.0 Å². The summed E-state index contributed by atoms with van der Waals surface area (Å²) in [6.45, 7) is 0.646. The Bertz CT molecular complexity index is 991. The highest BCUT2D eigenvalue weighted by atomic mass is 32.2. The first-order chi connectivity index (χ1) is 13.0. The summed E-state index contributed by atoms with van der Waals surface area (Å²) in [5, 5.41) is 2.50. The number of hydrogen-bond donors (Lipinski definition) is 1. The third-order valence-corrected chi connectivity index (χ3v) is 6.15. The zero-order chi connectivity index (χ0) is 19.0. The Hall–Kier alpha value is -2.94. The first-order valence-corrected chi connectivity index (χ1v) is 9.84. The van der Waals surface area contributed by atoms with Crippen molar-refractivity contribution in [3.05, 3.63) is 42.5 Å². The Morgan fingerprint density at radius 1 is 1.07 bits per heavy atom. The molecule has 0 aliphatic carbocycles. The van der Waals surface area contributed by atoms with Crippen LogP contribution >= 0.6 is 0 Å². The van der Waals surface area contributed by atoms with Gasteiger partial charge in [-0.15, -0.1) is 0 Å². The minimum absolute atomic E-state index is 0.0547. The van der Waals surface area contributed by atoms with Gasteiger partial charge in [0, 0.05) is 13.1 Å². The summed E-state index contributed by atoms with van der Waals surface area (Å²) in [5.74, 6) is 0.822. The van der Waals surface area contributed by atoms with Gasteiger partial charge in [0.2, 0.25) is 0 Å². The van der Waals surface area contributed by atoms with Crippen LogP contribution in [-0.2, 0) is 14.8 Å². The van der Waals surface area contributed by atoms with Crippen molar-refractivity contribution in [3.63, 3.8) is 0 Å². The topological polar surface area (TPSA) is 94.2 Å². The number of anilines is 1. The number of carbonyl (C=O) groups is 1. The molecule has 1 amide bonds. The van der Waals surface area contributed by atoms with Crippen LogP contribution in [0.1, 0.15) is 0 Å². The number of rotatable bonds is 3. The second kappa shape index (κ2) is 6.66. The number of para-hydroxylation sites is 2. The van der Waals surface area contributed by atoms with Gasteiger partial charge in [0.05, 0.1) is 17.1 Å². The van der Waals surface area contributed by atoms with Gasteiger partial charge in [0.1, 0.15) is 19.0 Å². The molecule has 27 heavy (non-hydrogen) atoms. The predicted octanol–water partition coefficient (Wildman–Crippen LogP) is 1.16. The number of fused-ring (bicyclic) bond motifs is 2. The lowest BCUT2D eigenvalue weighted by atomic mass is 10.2. The van der Waals surface area contributed by atoms with E-state index in [-0.39, 0.29) is 11.4 Å². The number of benzene rings is 2. The molecule has 2 heterocycles. The molecular formula is C18H18N2O6S. The quantitative estimate of drug-likeness (QED) is 0.845. The molecule has 0 radical (unpaired) electrons. The Morgan fingerprint density at radius 2 is 1.81 bits per heavy atom. The Labute approximate surface area is 156 Å². The van der Waals surface area contributed by atoms with Gasteiger partial charge in [-0.1, -0.05) is 12.1 Å². The molecule has 0 aromatic heterocycles. The summed E-state index contributed by atoms with van der Waals surface area (Å²) >= 11 is 0. The third kappa shape index (κ3) is 3.03. The van der Waals surface area contributed by atoms with Crippen LogP contribution in [0.5, 0.6) is 17.2 Å². The normalized spacial score (nSPS) is 18.3. The molecule has 8 nitrogen and oxygen atoms in total. The van der Waals surface area contributed by atoms with Crippen LogP contribution < -0.4 is 23.8 Å². The average Bonchev–Trinajstić information content (AvgIpc) is 2.71. The van der Waals surface area contributed by atoms with Crippen molar-refractivity contribution in [3.8, 4) is 17.2 Å². The van der Waals surface area contributed by atoms with Crippen molar-refractivity contribution in [2.75, 3.05) is 31.1 Å². The van der Waals surface area contributed by atoms with Gasteiger partial charge < -0.3 is 19.5 Å². The van der Waals surface area contributed by atoms with Gasteiger partial charge >= 0.3 is 0 Å². The molecule has 0 saturated heterocycles. The molecule has 142 valence electrons. The van der Waals surface area contributed by atoms with Gasteiger partial charge in [-0.2, -0.15) is 0 Å². The fourth-order valence-corrected chi connectivity index (χ4v) is 4.53. The summed E-state index contributed by atoms with van der Waals surface area (Å²) in [6, 6.07) is 11.2. The van der Waals surface area contributed by atoms with E-state index in [9.17, 15) is 13.2 Å². The Balaban J connectivity index is 1.77. The first-order valence-electron chi connectivity index (χ1n) is 8.40. The Kier molecular flexibility index (Phi) is 4.31. The van der Waals surface area contributed by atoms with E-state index in [0.717, 1.165) is 0 Å². The first kappa shape index (κ1) is 17.5. The van der Waals surface area contributed by atoms with Crippen LogP contribution in [0, 0.1) is 0 Å². The molecule has 1 N–H and O–H groups in total. The standard InChI is InChI=1S/C18H18N2O6S/c1-19-18(21)17-11-20(13-4-2-3-5-14(13)26-17)27(22,23)12-6-7-15-16(10-12)25-9-8-24-15/h2-7,10,17H,8-9,11H2,1H3,(H,19,21)/t17-/m1/s1. The summed E-state index contributed by atoms with van der Waals surface area (Å²) in [7, 11) is -2.47. The van der Waals surface area contributed by atoms with Crippen molar-refractivity contribution in [1.82, 2.24) is 5.32 Å². The summed E-state index contributed by atoms with van der Waals surface area (Å²) in [6.07, 6.45) is -0.947. The van der Waals surface area contributed by atoms with Crippen LogP contribution in [0.3, 0.4) is 0 Å². The molecule has 9 heteroatoms. The highest BCUT2D eigenvalue weighted by molar-refractivity contribution is 7.92. The van der Waals surface area contributed by atoms with E-state index in [1.807, 2.05) is 0 Å². The van der Waals surface area contributed by atoms with Crippen LogP contribution in [-0.4, -0.2) is 47.2 Å². The summed E-state index contributed by atoms with van der Waals surface area (Å²) in [5.41, 5.74) is 0.382. The van der Waals surface area contributed by atoms with E-state index in [1.54, 1.807) is 30.3 Å². The molecule has 4 rings (SSSR count). The molecule has 0 saturated carbocycles. The third-order valence-electron chi connectivity index (χ3n) is 4.38. The van der Waals surface area contributed by atoms with Crippen LogP contribution in [0.2, 0.25) is 0 Å². The molecule has 2 aromatic rings. The zero-order valence-corrected chi connectivity index (χ0v) is 15.4. The summed E-state index contributed by atoms with van der Waals surface area (Å²) < 4.78 is 44.5. The molecule has 2 aromatic carbocycles. The minimum Gasteiger partial charge on any atom is -0.486 e. The highest BCUT2D eigenvalue weighted by Crippen LogP contribution is 2.39. The van der Waals surface area contributed by atoms with E-state index in [0.29, 0.717) is 36.1 Å². The number of ether oxygens (including phenoxy) is 3. The van der Waals surface area contributed by atoms with Gasteiger partial charge in [-0.25, -0.2) is 8.42 Å². The monoisotopic (exact) mass is 390 g/mol. The number of nitrogens with zero attached hydrogens (tertiary/aromatic N) is 1. The fraction of sp³-hybridized carbons (Fsp3) is 0.278. The smallest absolute Gasteiger partial charge is 0.264 e. The largest absolute Gasteiger partial charge is 0.486 e. The number of sulfonamides is 1. The average molecular weight is 390 g/mol. The number of carbonyl (C=O) groups excluding carboxylic acids is 1. The van der Waals surface area contributed by atoms with E-state index >= 15 is 0 Å². The van der Waals surface area contributed by atoms with E-state index in [2.05, 4.69) is 5.32 Å². The lowest BCUT2D eigenvalue weighted by molar-refractivity contribution is -0.127. The Morgan fingerprint density at radius 3 is 2.59 bits per heavy atom. The molecule has 0 bridgehead atoms. The predicted molar refractivity (Wildman–Crippen MR) is 96.9 cm³/mol. The number of nitrogens with one attached hydrogen (secondary N) is 1. The molecule has 2 aliphatic rings. The van der Waals surface area contributed by atoms with Crippen molar-refractivity contribution in [1.29, 1.82) is 0 Å². The molecule has 0 spiro atoms. The van der Waals surface area contributed by atoms with Crippen LogP contribution in [0.4, 0.5) is 5.69 Å². The maximum absolute atomic E-state index is 13.3. The lowest BCUT2D eigenvalue weighted by Gasteiger charge is -2.34. The van der Waals surface area contributed by atoms with Crippen LogP contribution in [0.15, 0.2) is 47.4 Å². The number of likely N-dealkylation sites (N-methyl/N-ethyl adjacent to an activating group) is 1. The van der Waals surface area contributed by atoms with Gasteiger partial charge in [-0.05, 0) is 24.3 Å². The van der Waals surface area contributed by atoms with Crippen molar-refractivity contribution < 1.29 is 27.4 Å². The maximum atomic E-state index is 13.3. The van der Waals surface area contributed by atoms with E-state index in [4.69, 9.17) is 14.2 Å². The van der Waals surface area contributed by atoms with Crippen LogP contribution in [0.25, 0.3) is 0 Å².